The summed E-state index contributed by atoms with van der Waals surface area (Å²) in [6.07, 6.45) is -7.09. The number of hydrogen-bond acceptors (Lipinski definition) is 6. The predicted molar refractivity (Wildman–Crippen MR) is 136 cm³/mol. The fourth-order valence-electron chi connectivity index (χ4n) is 5.50. The number of hydrogen-bond donors (Lipinski definition) is 0. The van der Waals surface area contributed by atoms with Crippen molar-refractivity contribution < 1.29 is 35.9 Å². The highest BCUT2D eigenvalue weighted by Crippen LogP contribution is 2.48. The summed E-state index contributed by atoms with van der Waals surface area (Å²) in [5.74, 6) is -0.144. The molecule has 212 valence electrons. The number of thiocarbonyl (C=S) groups is 1. The van der Waals surface area contributed by atoms with Crippen LogP contribution in [0.5, 0.6) is 5.75 Å². The van der Waals surface area contributed by atoms with Gasteiger partial charge in [-0.15, -0.1) is 0 Å². The number of carbonyl (C=O) groups excluding carboxylic acids is 1. The fourth-order valence-corrected chi connectivity index (χ4v) is 5.96. The molecule has 1 aromatic carbocycles. The normalized spacial score (nSPS) is 23.4. The molecule has 3 aliphatic rings. The number of amides is 1. The maximum Gasteiger partial charge on any atom is 0.419 e. The third kappa shape index (κ3) is 4.75. The zero-order valence-corrected chi connectivity index (χ0v) is 21.9. The molecule has 1 amide bonds. The van der Waals surface area contributed by atoms with Crippen LogP contribution in [0.4, 0.5) is 37.7 Å². The molecular formula is C26H23F6N5O2S. The Morgan fingerprint density at radius 1 is 1.12 bits per heavy atom. The summed E-state index contributed by atoms with van der Waals surface area (Å²) in [5, 5.41) is 9.02. The van der Waals surface area contributed by atoms with Gasteiger partial charge in [-0.25, -0.2) is 4.98 Å². The molecule has 0 N–H and O–H groups in total. The monoisotopic (exact) mass is 583 g/mol. The van der Waals surface area contributed by atoms with Crippen LogP contribution in [0.1, 0.15) is 43.4 Å². The molecule has 14 heteroatoms. The van der Waals surface area contributed by atoms with E-state index in [-0.39, 0.29) is 23.8 Å². The van der Waals surface area contributed by atoms with Gasteiger partial charge in [0.15, 0.2) is 10.8 Å². The molecule has 1 aliphatic carbocycles. The van der Waals surface area contributed by atoms with Crippen LogP contribution in [0.3, 0.4) is 0 Å². The van der Waals surface area contributed by atoms with Gasteiger partial charge in [0.1, 0.15) is 29.5 Å². The van der Waals surface area contributed by atoms with Crippen LogP contribution in [0.2, 0.25) is 0 Å². The van der Waals surface area contributed by atoms with E-state index in [1.807, 2.05) is 0 Å². The second-order valence-electron chi connectivity index (χ2n) is 10.1. The number of alkyl halides is 6. The van der Waals surface area contributed by atoms with Crippen molar-refractivity contribution in [3.05, 3.63) is 47.8 Å². The largest absolute Gasteiger partial charge is 0.490 e. The van der Waals surface area contributed by atoms with E-state index in [9.17, 15) is 31.1 Å². The highest BCUT2D eigenvalue weighted by Gasteiger charge is 2.59. The van der Waals surface area contributed by atoms with Crippen molar-refractivity contribution in [1.82, 2.24) is 9.88 Å². The molecular weight excluding hydrogens is 560 g/mol. The number of ether oxygens (including phenoxy) is 1. The lowest BCUT2D eigenvalue weighted by Crippen LogP contribution is -2.55. The third-order valence-corrected chi connectivity index (χ3v) is 8.10. The van der Waals surface area contributed by atoms with E-state index in [1.54, 1.807) is 29.2 Å². The van der Waals surface area contributed by atoms with Gasteiger partial charge in [-0.2, -0.15) is 31.6 Å². The number of nitriles is 1. The van der Waals surface area contributed by atoms with Gasteiger partial charge in [0.25, 0.3) is 5.91 Å². The molecule has 2 aromatic rings. The van der Waals surface area contributed by atoms with Gasteiger partial charge < -0.3 is 9.64 Å². The van der Waals surface area contributed by atoms with E-state index in [1.165, 1.54) is 18.0 Å². The molecule has 0 bridgehead atoms. The number of piperidine rings is 1. The van der Waals surface area contributed by atoms with E-state index in [0.717, 1.165) is 11.1 Å². The fraction of sp³-hybridized carbons (Fsp3) is 0.462. The van der Waals surface area contributed by atoms with Gasteiger partial charge in [-0.1, -0.05) is 0 Å². The maximum absolute atomic E-state index is 13.6. The number of aromatic nitrogens is 1. The zero-order valence-electron chi connectivity index (χ0n) is 21.1. The van der Waals surface area contributed by atoms with E-state index < -0.39 is 47.2 Å². The Labute approximate surface area is 230 Å². The number of benzene rings is 1. The summed E-state index contributed by atoms with van der Waals surface area (Å²) < 4.78 is 86.6. The molecule has 1 aromatic heterocycles. The first-order valence-electron chi connectivity index (χ1n) is 12.5. The summed E-state index contributed by atoms with van der Waals surface area (Å²) in [6.45, 7) is 0.232. The molecule has 7 nitrogen and oxygen atoms in total. The van der Waals surface area contributed by atoms with E-state index in [0.29, 0.717) is 43.2 Å². The average molecular weight is 584 g/mol. The number of rotatable bonds is 4. The zero-order chi connectivity index (χ0) is 29.0. The third-order valence-electron chi connectivity index (χ3n) is 7.73. The number of pyridine rings is 1. The Balaban J connectivity index is 1.40. The molecule has 5 rings (SSSR count). The molecule has 1 saturated carbocycles. The minimum absolute atomic E-state index is 0.0404. The van der Waals surface area contributed by atoms with Gasteiger partial charge >= 0.3 is 12.4 Å². The lowest BCUT2D eigenvalue weighted by molar-refractivity contribution is -0.194. The molecule has 2 saturated heterocycles. The first-order chi connectivity index (χ1) is 18.8. The Morgan fingerprint density at radius 3 is 2.35 bits per heavy atom. The summed E-state index contributed by atoms with van der Waals surface area (Å²) in [7, 11) is 1.43. The van der Waals surface area contributed by atoms with Crippen LogP contribution in [-0.4, -0.2) is 58.4 Å². The molecule has 3 heterocycles. The van der Waals surface area contributed by atoms with Crippen LogP contribution in [0, 0.1) is 11.3 Å². The molecule has 2 atom stereocenters. The topological polar surface area (TPSA) is 72.7 Å². The molecule has 0 radical (unpaired) electrons. The van der Waals surface area contributed by atoms with Crippen molar-refractivity contribution in [2.24, 2.45) is 0 Å². The highest BCUT2D eigenvalue weighted by atomic mass is 32.1. The average Bonchev–Trinajstić information content (AvgIpc) is 3.10. The van der Waals surface area contributed by atoms with Crippen LogP contribution in [-0.2, 0) is 11.0 Å². The molecule has 1 spiro atoms. The number of carbonyl (C=O) groups is 1. The number of nitrogens with zero attached hydrogens (tertiary/aromatic N) is 5. The lowest BCUT2D eigenvalue weighted by Gasteiger charge is -2.43. The van der Waals surface area contributed by atoms with Crippen molar-refractivity contribution in [2.45, 2.75) is 62.1 Å². The van der Waals surface area contributed by atoms with Crippen molar-refractivity contribution in [1.29, 1.82) is 5.26 Å². The Hall–Kier alpha value is -3.44. The van der Waals surface area contributed by atoms with Gasteiger partial charge in [0.05, 0.1) is 17.4 Å². The van der Waals surface area contributed by atoms with E-state index in [4.69, 9.17) is 22.2 Å². The highest BCUT2D eigenvalue weighted by molar-refractivity contribution is 7.81. The minimum atomic E-state index is -4.87. The van der Waals surface area contributed by atoms with E-state index >= 15 is 0 Å². The standard InChI is InChI=1S/C26H23F6N5O2S/c1-35-10-7-18(12-21(35)26(30,31)32)39-17-5-3-15(4-6-17)37-23(40)36(22(38)24(37)8-2-9-24)16-11-19(25(27,28)29)20(13-33)34-14-16/h3-6,11,14,18,21H,2,7-10,12H2,1H3/t18-,21+/m1/s1. The van der Waals surface area contributed by atoms with Crippen LogP contribution in [0.25, 0.3) is 0 Å². The first kappa shape index (κ1) is 28.1. The van der Waals surface area contributed by atoms with Crippen molar-refractivity contribution in [3.63, 3.8) is 0 Å². The quantitative estimate of drug-likeness (QED) is 0.351. The van der Waals surface area contributed by atoms with Crippen molar-refractivity contribution >= 4 is 34.6 Å². The van der Waals surface area contributed by atoms with Gasteiger partial charge in [-0.3, -0.25) is 14.6 Å². The second kappa shape index (κ2) is 9.88. The SMILES string of the molecule is CN1CC[C@@H](Oc2ccc(N3C(=S)N(c4cnc(C#N)c(C(F)(F)F)c4)C(=O)C34CCC4)cc2)C[C@H]1C(F)(F)F. The Morgan fingerprint density at radius 2 is 1.80 bits per heavy atom. The number of halogens is 6. The van der Waals surface area contributed by atoms with Crippen LogP contribution >= 0.6 is 12.2 Å². The van der Waals surface area contributed by atoms with E-state index in [2.05, 4.69) is 4.98 Å². The van der Waals surface area contributed by atoms with Gasteiger partial charge in [0.2, 0.25) is 0 Å². The molecule has 3 fully saturated rings. The molecule has 2 aliphatic heterocycles. The number of anilines is 2. The first-order valence-corrected chi connectivity index (χ1v) is 12.9. The smallest absolute Gasteiger partial charge is 0.419 e. The summed E-state index contributed by atoms with van der Waals surface area (Å²) in [6, 6.07) is 6.89. The molecule has 0 unspecified atom stereocenters. The van der Waals surface area contributed by atoms with Gasteiger partial charge in [-0.05, 0) is 75.3 Å². The van der Waals surface area contributed by atoms with Crippen molar-refractivity contribution in [2.75, 3.05) is 23.4 Å². The Bertz CT molecular complexity index is 1370. The minimum Gasteiger partial charge on any atom is -0.490 e. The predicted octanol–water partition coefficient (Wildman–Crippen LogP) is 5.44. The van der Waals surface area contributed by atoms with Crippen LogP contribution < -0.4 is 14.5 Å². The van der Waals surface area contributed by atoms with Gasteiger partial charge in [0, 0.05) is 18.7 Å². The summed E-state index contributed by atoms with van der Waals surface area (Å²) >= 11 is 5.59. The molecule has 40 heavy (non-hydrogen) atoms. The number of likely N-dealkylation sites (tertiary alicyclic amines) is 1. The summed E-state index contributed by atoms with van der Waals surface area (Å²) in [4.78, 5) is 21.1. The summed E-state index contributed by atoms with van der Waals surface area (Å²) in [5.41, 5.74) is -2.88. The van der Waals surface area contributed by atoms with Crippen LogP contribution in [0.15, 0.2) is 36.5 Å². The maximum atomic E-state index is 13.6. The second-order valence-corrected chi connectivity index (χ2v) is 10.5. The Kier molecular flexibility index (Phi) is 6.94. The van der Waals surface area contributed by atoms with Crippen molar-refractivity contribution in [3.8, 4) is 11.8 Å². The lowest BCUT2D eigenvalue weighted by atomic mass is 9.75.